The number of rotatable bonds is 1. The Labute approximate surface area is 115 Å². The van der Waals surface area contributed by atoms with Crippen molar-refractivity contribution in [3.8, 4) is 0 Å². The highest BCUT2D eigenvalue weighted by molar-refractivity contribution is 6.35. The summed E-state index contributed by atoms with van der Waals surface area (Å²) in [5, 5.41) is 1.31. The zero-order chi connectivity index (χ0) is 13.4. The molecule has 3 nitrogen and oxygen atoms in total. The predicted octanol–water partition coefficient (Wildman–Crippen LogP) is 3.69. The molecule has 0 saturated heterocycles. The van der Waals surface area contributed by atoms with E-state index in [1.165, 1.54) is 4.57 Å². The molecule has 2 heterocycles. The zero-order valence-electron chi connectivity index (χ0n) is 10.3. The van der Waals surface area contributed by atoms with Gasteiger partial charge in [-0.25, -0.2) is 4.98 Å². The fourth-order valence-electron chi connectivity index (χ4n) is 2.09. The van der Waals surface area contributed by atoms with Gasteiger partial charge in [-0.3, -0.25) is 9.36 Å². The number of carbonyl (C=O) groups is 1. The summed E-state index contributed by atoms with van der Waals surface area (Å²) in [7, 11) is 0. The number of halogens is 1. The Morgan fingerprint density at radius 1 is 1.26 bits per heavy atom. The van der Waals surface area contributed by atoms with Crippen molar-refractivity contribution in [2.24, 2.45) is 0 Å². The van der Waals surface area contributed by atoms with Crippen LogP contribution < -0.4 is 0 Å². The molecule has 0 bridgehead atoms. The summed E-state index contributed by atoms with van der Waals surface area (Å²) in [6.45, 7) is 1.95. The molecule has 0 amide bonds. The summed E-state index contributed by atoms with van der Waals surface area (Å²) in [5.74, 6) is -0.126. The van der Waals surface area contributed by atoms with Crippen LogP contribution in [0.5, 0.6) is 0 Å². The van der Waals surface area contributed by atoms with Gasteiger partial charge in [0.05, 0.1) is 5.02 Å². The highest BCUT2D eigenvalue weighted by atomic mass is 35.5. The predicted molar refractivity (Wildman–Crippen MR) is 75.7 cm³/mol. The number of hydrogen-bond donors (Lipinski definition) is 0. The number of pyridine rings is 1. The van der Waals surface area contributed by atoms with Crippen LogP contribution in [0.25, 0.3) is 11.0 Å². The van der Waals surface area contributed by atoms with Gasteiger partial charge in [0.15, 0.2) is 0 Å². The molecule has 0 unspecified atom stereocenters. The average molecular weight is 271 g/mol. The third-order valence-electron chi connectivity index (χ3n) is 3.00. The van der Waals surface area contributed by atoms with Crippen LogP contribution >= 0.6 is 11.6 Å². The van der Waals surface area contributed by atoms with Crippen LogP contribution in [0.4, 0.5) is 0 Å². The standard InChI is InChI=1S/C15H11ClN2O/c1-10-4-2-5-11(8-10)15(19)18-9-13(16)12-6-3-7-17-14(12)18/h2-9H,1H3. The number of hydrogen-bond acceptors (Lipinski definition) is 2. The number of nitrogens with zero attached hydrogens (tertiary/aromatic N) is 2. The molecular weight excluding hydrogens is 260 g/mol. The summed E-state index contributed by atoms with van der Waals surface area (Å²) in [6.07, 6.45) is 3.27. The topological polar surface area (TPSA) is 34.9 Å². The number of aromatic nitrogens is 2. The van der Waals surface area contributed by atoms with Gasteiger partial charge >= 0.3 is 0 Å². The second-order valence-electron chi connectivity index (χ2n) is 4.40. The van der Waals surface area contributed by atoms with E-state index in [1.807, 2.05) is 31.2 Å². The Kier molecular flexibility index (Phi) is 2.84. The number of fused-ring (bicyclic) bond motifs is 1. The minimum Gasteiger partial charge on any atom is -0.268 e. The van der Waals surface area contributed by atoms with Gasteiger partial charge in [0.2, 0.25) is 0 Å². The largest absolute Gasteiger partial charge is 0.268 e. The van der Waals surface area contributed by atoms with Crippen molar-refractivity contribution in [3.05, 3.63) is 64.9 Å². The number of carbonyl (C=O) groups excluding carboxylic acids is 1. The lowest BCUT2D eigenvalue weighted by Gasteiger charge is -2.04. The van der Waals surface area contributed by atoms with E-state index in [4.69, 9.17) is 11.6 Å². The van der Waals surface area contributed by atoms with E-state index in [2.05, 4.69) is 4.98 Å². The van der Waals surface area contributed by atoms with Crippen LogP contribution in [0.3, 0.4) is 0 Å². The van der Waals surface area contributed by atoms with E-state index < -0.39 is 0 Å². The fourth-order valence-corrected chi connectivity index (χ4v) is 2.34. The van der Waals surface area contributed by atoms with Crippen molar-refractivity contribution < 1.29 is 4.79 Å². The maximum Gasteiger partial charge on any atom is 0.263 e. The van der Waals surface area contributed by atoms with Crippen LogP contribution in [-0.4, -0.2) is 15.5 Å². The SMILES string of the molecule is Cc1cccc(C(=O)n2cc(Cl)c3cccnc32)c1. The quantitative estimate of drug-likeness (QED) is 0.676. The summed E-state index contributed by atoms with van der Waals surface area (Å²) < 4.78 is 1.49. The molecule has 94 valence electrons. The smallest absolute Gasteiger partial charge is 0.263 e. The minimum atomic E-state index is -0.126. The van der Waals surface area contributed by atoms with Gasteiger partial charge < -0.3 is 0 Å². The highest BCUT2D eigenvalue weighted by Gasteiger charge is 2.15. The zero-order valence-corrected chi connectivity index (χ0v) is 11.1. The minimum absolute atomic E-state index is 0.126. The maximum atomic E-state index is 12.5. The van der Waals surface area contributed by atoms with Gasteiger partial charge in [0.1, 0.15) is 5.65 Å². The molecule has 3 rings (SSSR count). The highest BCUT2D eigenvalue weighted by Crippen LogP contribution is 2.24. The van der Waals surface area contributed by atoms with Crippen molar-refractivity contribution in [1.82, 2.24) is 9.55 Å². The lowest BCUT2D eigenvalue weighted by molar-refractivity contribution is 0.0964. The summed E-state index contributed by atoms with van der Waals surface area (Å²) in [5.41, 5.74) is 2.25. The first-order chi connectivity index (χ1) is 9.16. The molecule has 3 aromatic rings. The summed E-state index contributed by atoms with van der Waals surface area (Å²) in [6, 6.07) is 11.1. The first kappa shape index (κ1) is 11.9. The second kappa shape index (κ2) is 4.52. The molecule has 0 spiro atoms. The number of aryl methyl sites for hydroxylation is 1. The third-order valence-corrected chi connectivity index (χ3v) is 3.30. The molecule has 1 aromatic carbocycles. The van der Waals surface area contributed by atoms with Crippen molar-refractivity contribution in [2.45, 2.75) is 6.92 Å². The molecule has 0 aliphatic rings. The molecule has 0 aliphatic heterocycles. The lowest BCUT2D eigenvalue weighted by Crippen LogP contribution is -2.11. The molecule has 0 saturated carbocycles. The average Bonchev–Trinajstić information content (AvgIpc) is 2.76. The monoisotopic (exact) mass is 270 g/mol. The first-order valence-electron chi connectivity index (χ1n) is 5.90. The van der Waals surface area contributed by atoms with Gasteiger partial charge in [-0.2, -0.15) is 0 Å². The van der Waals surface area contributed by atoms with Crippen molar-refractivity contribution in [3.63, 3.8) is 0 Å². The van der Waals surface area contributed by atoms with Gasteiger partial charge in [-0.1, -0.05) is 29.3 Å². The van der Waals surface area contributed by atoms with Gasteiger partial charge in [-0.15, -0.1) is 0 Å². The normalized spacial score (nSPS) is 10.8. The second-order valence-corrected chi connectivity index (χ2v) is 4.80. The summed E-state index contributed by atoms with van der Waals surface area (Å²) in [4.78, 5) is 16.7. The van der Waals surface area contributed by atoms with Crippen LogP contribution in [0.1, 0.15) is 15.9 Å². The van der Waals surface area contributed by atoms with E-state index in [-0.39, 0.29) is 5.91 Å². The molecule has 4 heteroatoms. The third kappa shape index (κ3) is 2.02. The molecule has 0 radical (unpaired) electrons. The lowest BCUT2D eigenvalue weighted by atomic mass is 10.1. The van der Waals surface area contributed by atoms with E-state index in [1.54, 1.807) is 24.5 Å². The Hall–Kier alpha value is -2.13. The first-order valence-corrected chi connectivity index (χ1v) is 6.27. The fraction of sp³-hybridized carbons (Fsp3) is 0.0667. The molecule has 19 heavy (non-hydrogen) atoms. The van der Waals surface area contributed by atoms with Crippen LogP contribution in [-0.2, 0) is 0 Å². The van der Waals surface area contributed by atoms with Crippen molar-refractivity contribution in [1.29, 1.82) is 0 Å². The van der Waals surface area contributed by atoms with Crippen LogP contribution in [0.2, 0.25) is 5.02 Å². The van der Waals surface area contributed by atoms with Crippen LogP contribution in [0.15, 0.2) is 48.8 Å². The number of benzene rings is 1. The van der Waals surface area contributed by atoms with Crippen molar-refractivity contribution >= 4 is 28.5 Å². The molecule has 0 fully saturated rings. The Bertz CT molecular complexity index is 777. The molecular formula is C15H11ClN2O. The van der Waals surface area contributed by atoms with Gasteiger partial charge in [0, 0.05) is 23.3 Å². The van der Waals surface area contributed by atoms with Crippen molar-refractivity contribution in [2.75, 3.05) is 0 Å². The molecule has 0 N–H and O–H groups in total. The molecule has 0 aliphatic carbocycles. The van der Waals surface area contributed by atoms with Crippen LogP contribution in [0, 0.1) is 6.92 Å². The summed E-state index contributed by atoms with van der Waals surface area (Å²) >= 11 is 6.13. The van der Waals surface area contributed by atoms with Gasteiger partial charge in [0.25, 0.3) is 5.91 Å². The Balaban J connectivity index is 2.17. The van der Waals surface area contributed by atoms with Gasteiger partial charge in [-0.05, 0) is 31.2 Å². The molecule has 0 atom stereocenters. The molecule has 2 aromatic heterocycles. The van der Waals surface area contributed by atoms with E-state index in [9.17, 15) is 4.79 Å². The Morgan fingerprint density at radius 3 is 2.89 bits per heavy atom. The van der Waals surface area contributed by atoms with E-state index in [0.717, 1.165) is 10.9 Å². The van der Waals surface area contributed by atoms with E-state index >= 15 is 0 Å². The Morgan fingerprint density at radius 2 is 2.11 bits per heavy atom. The van der Waals surface area contributed by atoms with E-state index in [0.29, 0.717) is 16.2 Å². The maximum absolute atomic E-state index is 12.5.